The topological polar surface area (TPSA) is 63.4 Å². The quantitative estimate of drug-likeness (QED) is 0.838. The summed E-state index contributed by atoms with van der Waals surface area (Å²) in [4.78, 5) is 0.373. The zero-order chi connectivity index (χ0) is 14.8. The van der Waals surface area contributed by atoms with Crippen LogP contribution in [-0.4, -0.2) is 25.8 Å². The average Bonchev–Trinajstić information content (AvgIpc) is 3.27. The number of hydrogen-bond acceptors (Lipinski definition) is 3. The van der Waals surface area contributed by atoms with Gasteiger partial charge in [0.2, 0.25) is 10.0 Å². The van der Waals surface area contributed by atoms with E-state index in [1.165, 1.54) is 0 Å². The molecule has 0 aromatic heterocycles. The average molecular weight is 296 g/mol. The molecule has 0 radical (unpaired) electrons. The van der Waals surface area contributed by atoms with Crippen LogP contribution in [-0.2, 0) is 23.0 Å². The van der Waals surface area contributed by atoms with E-state index in [1.807, 2.05) is 19.9 Å². The molecule has 0 bridgehead atoms. The van der Waals surface area contributed by atoms with Gasteiger partial charge in [-0.15, -0.1) is 0 Å². The van der Waals surface area contributed by atoms with Gasteiger partial charge in [-0.2, -0.15) is 4.31 Å². The highest BCUT2D eigenvalue weighted by Gasteiger charge is 2.30. The Balaban J connectivity index is 2.31. The molecule has 1 aromatic carbocycles. The van der Waals surface area contributed by atoms with Crippen LogP contribution in [0.2, 0.25) is 0 Å². The lowest BCUT2D eigenvalue weighted by molar-refractivity contribution is 0.412. The number of benzene rings is 1. The zero-order valence-electron chi connectivity index (χ0n) is 12.3. The number of rotatable bonds is 7. The highest BCUT2D eigenvalue weighted by molar-refractivity contribution is 7.89. The Labute approximate surface area is 122 Å². The first-order valence-corrected chi connectivity index (χ1v) is 8.78. The summed E-state index contributed by atoms with van der Waals surface area (Å²) in [5, 5.41) is 0. The van der Waals surface area contributed by atoms with Crippen LogP contribution < -0.4 is 5.73 Å². The van der Waals surface area contributed by atoms with Crippen molar-refractivity contribution in [3.05, 3.63) is 29.3 Å². The normalized spacial score (nSPS) is 15.8. The first-order valence-electron chi connectivity index (χ1n) is 7.34. The summed E-state index contributed by atoms with van der Waals surface area (Å²) < 4.78 is 26.9. The Hall–Kier alpha value is -0.910. The molecular formula is C15H24N2O2S. The molecule has 1 aliphatic rings. The minimum absolute atomic E-state index is 0.373. The van der Waals surface area contributed by atoms with Crippen LogP contribution in [0.1, 0.15) is 37.8 Å². The van der Waals surface area contributed by atoms with Crippen LogP contribution >= 0.6 is 0 Å². The van der Waals surface area contributed by atoms with Crippen LogP contribution in [0.3, 0.4) is 0 Å². The molecule has 20 heavy (non-hydrogen) atoms. The fourth-order valence-corrected chi connectivity index (χ4v) is 4.01. The summed E-state index contributed by atoms with van der Waals surface area (Å²) in [6.07, 6.45) is 3.16. The summed E-state index contributed by atoms with van der Waals surface area (Å²) in [6, 6.07) is 5.34. The molecule has 0 spiro atoms. The van der Waals surface area contributed by atoms with Crippen molar-refractivity contribution in [1.29, 1.82) is 0 Å². The molecule has 1 aliphatic carbocycles. The zero-order valence-corrected chi connectivity index (χ0v) is 13.1. The Bertz CT molecular complexity index is 565. The van der Waals surface area contributed by atoms with Gasteiger partial charge in [0.15, 0.2) is 0 Å². The lowest BCUT2D eigenvalue weighted by Gasteiger charge is -2.21. The Morgan fingerprint density at radius 1 is 1.25 bits per heavy atom. The summed E-state index contributed by atoms with van der Waals surface area (Å²) in [5.74, 6) is 0.550. The van der Waals surface area contributed by atoms with Crippen molar-refractivity contribution < 1.29 is 8.42 Å². The molecule has 2 rings (SSSR count). The van der Waals surface area contributed by atoms with E-state index in [4.69, 9.17) is 5.73 Å². The molecule has 0 heterocycles. The lowest BCUT2D eigenvalue weighted by Crippen LogP contribution is -2.32. The third kappa shape index (κ3) is 3.22. The molecule has 1 aromatic rings. The lowest BCUT2D eigenvalue weighted by atomic mass is 10.1. The second-order valence-electron chi connectivity index (χ2n) is 5.39. The predicted octanol–water partition coefficient (Wildman–Crippen LogP) is 2.13. The van der Waals surface area contributed by atoms with Gasteiger partial charge in [-0.25, -0.2) is 8.42 Å². The second-order valence-corrected chi connectivity index (χ2v) is 7.33. The van der Waals surface area contributed by atoms with E-state index >= 15 is 0 Å². The fraction of sp³-hybridized carbons (Fsp3) is 0.600. The fourth-order valence-electron chi connectivity index (χ4n) is 2.43. The minimum atomic E-state index is -3.39. The minimum Gasteiger partial charge on any atom is -0.326 e. The van der Waals surface area contributed by atoms with Crippen molar-refractivity contribution >= 4 is 10.0 Å². The van der Waals surface area contributed by atoms with Crippen molar-refractivity contribution in [2.75, 3.05) is 13.1 Å². The molecule has 0 saturated heterocycles. The highest BCUT2D eigenvalue weighted by atomic mass is 32.2. The molecule has 1 saturated carbocycles. The van der Waals surface area contributed by atoms with Gasteiger partial charge in [0.25, 0.3) is 0 Å². The van der Waals surface area contributed by atoms with E-state index in [0.717, 1.165) is 30.4 Å². The number of sulfonamides is 1. The van der Waals surface area contributed by atoms with Crippen molar-refractivity contribution in [3.8, 4) is 0 Å². The Morgan fingerprint density at radius 3 is 2.45 bits per heavy atom. The van der Waals surface area contributed by atoms with Gasteiger partial charge in [-0.3, -0.25) is 0 Å². The Kier molecular flexibility index (Phi) is 4.83. The van der Waals surface area contributed by atoms with E-state index in [-0.39, 0.29) is 0 Å². The molecule has 5 heteroatoms. The summed E-state index contributed by atoms with van der Waals surface area (Å²) in [7, 11) is -3.39. The van der Waals surface area contributed by atoms with E-state index in [0.29, 0.717) is 30.4 Å². The van der Waals surface area contributed by atoms with E-state index in [1.54, 1.807) is 16.4 Å². The molecular weight excluding hydrogens is 272 g/mol. The van der Waals surface area contributed by atoms with Crippen LogP contribution in [0.25, 0.3) is 0 Å². The van der Waals surface area contributed by atoms with Gasteiger partial charge in [-0.1, -0.05) is 19.9 Å². The molecule has 4 nitrogen and oxygen atoms in total. The summed E-state index contributed by atoms with van der Waals surface area (Å²) >= 11 is 0. The third-order valence-electron chi connectivity index (χ3n) is 3.93. The van der Waals surface area contributed by atoms with Gasteiger partial charge in [0, 0.05) is 19.6 Å². The molecule has 2 N–H and O–H groups in total. The standard InChI is InChI=1S/C15H24N2O2S/c1-3-13-7-8-15(9-14(13)10-16)20(18,19)17(4-2)11-12-5-6-12/h7-9,12H,3-6,10-11,16H2,1-2H3. The molecule has 0 amide bonds. The number of aryl methyl sites for hydroxylation is 1. The number of hydrogen-bond donors (Lipinski definition) is 1. The van der Waals surface area contributed by atoms with Gasteiger partial charge in [0.1, 0.15) is 0 Å². The largest absolute Gasteiger partial charge is 0.326 e. The van der Waals surface area contributed by atoms with Gasteiger partial charge < -0.3 is 5.73 Å². The summed E-state index contributed by atoms with van der Waals surface area (Å²) in [5.41, 5.74) is 7.78. The molecule has 0 unspecified atom stereocenters. The van der Waals surface area contributed by atoms with Crippen molar-refractivity contribution in [2.24, 2.45) is 11.7 Å². The van der Waals surface area contributed by atoms with Crippen molar-refractivity contribution in [2.45, 2.75) is 44.6 Å². The summed E-state index contributed by atoms with van der Waals surface area (Å²) in [6.45, 7) is 5.48. The van der Waals surface area contributed by atoms with Crippen LogP contribution in [0.15, 0.2) is 23.1 Å². The van der Waals surface area contributed by atoms with Gasteiger partial charge >= 0.3 is 0 Å². The second kappa shape index (κ2) is 6.24. The van der Waals surface area contributed by atoms with E-state index in [9.17, 15) is 8.42 Å². The van der Waals surface area contributed by atoms with Crippen molar-refractivity contribution in [3.63, 3.8) is 0 Å². The number of nitrogens with zero attached hydrogens (tertiary/aromatic N) is 1. The Morgan fingerprint density at radius 2 is 1.95 bits per heavy atom. The maximum Gasteiger partial charge on any atom is 0.243 e. The van der Waals surface area contributed by atoms with Crippen molar-refractivity contribution in [1.82, 2.24) is 4.31 Å². The van der Waals surface area contributed by atoms with Crippen LogP contribution in [0, 0.1) is 5.92 Å². The van der Waals surface area contributed by atoms with Gasteiger partial charge in [-0.05, 0) is 48.4 Å². The SMILES string of the molecule is CCc1ccc(S(=O)(=O)N(CC)CC2CC2)cc1CN. The predicted molar refractivity (Wildman–Crippen MR) is 80.9 cm³/mol. The molecule has 112 valence electrons. The first kappa shape index (κ1) is 15.5. The van der Waals surface area contributed by atoms with Crippen LogP contribution in [0.4, 0.5) is 0 Å². The monoisotopic (exact) mass is 296 g/mol. The molecule has 1 fully saturated rings. The third-order valence-corrected chi connectivity index (χ3v) is 5.86. The number of nitrogens with two attached hydrogens (primary N) is 1. The van der Waals surface area contributed by atoms with Gasteiger partial charge in [0.05, 0.1) is 4.90 Å². The highest BCUT2D eigenvalue weighted by Crippen LogP contribution is 2.31. The maximum atomic E-state index is 12.7. The molecule has 0 aliphatic heterocycles. The first-order chi connectivity index (χ1) is 9.52. The van der Waals surface area contributed by atoms with E-state index < -0.39 is 10.0 Å². The van der Waals surface area contributed by atoms with Crippen LogP contribution in [0.5, 0.6) is 0 Å². The smallest absolute Gasteiger partial charge is 0.243 e. The maximum absolute atomic E-state index is 12.7. The molecule has 0 atom stereocenters. The van der Waals surface area contributed by atoms with E-state index in [2.05, 4.69) is 0 Å².